The molecule has 0 radical (unpaired) electrons. The Morgan fingerprint density at radius 2 is 0.674 bits per heavy atom. The lowest BCUT2D eigenvalue weighted by Crippen LogP contribution is -2.49. The van der Waals surface area contributed by atoms with Crippen molar-refractivity contribution in [2.24, 2.45) is 5.73 Å². The first-order chi connectivity index (χ1) is 22.6. The van der Waals surface area contributed by atoms with E-state index in [1.165, 1.54) is 187 Å². The first-order valence-electron chi connectivity index (χ1n) is 20.7. The number of rotatable bonds is 38. The van der Waals surface area contributed by atoms with Gasteiger partial charge in [0.2, 0.25) is 5.91 Å². The highest BCUT2D eigenvalue weighted by Crippen LogP contribution is 2.17. The Kier molecular flexibility index (Phi) is 35.9. The number of carbonyl (C=O) groups excluding carboxylic acids is 2. The van der Waals surface area contributed by atoms with Crippen molar-refractivity contribution in [1.82, 2.24) is 5.32 Å². The highest BCUT2D eigenvalue weighted by Gasteiger charge is 2.25. The van der Waals surface area contributed by atoms with E-state index < -0.39 is 12.1 Å². The number of ether oxygens (including phenoxy) is 1. The molecule has 0 aliphatic heterocycles. The van der Waals surface area contributed by atoms with E-state index in [2.05, 4.69) is 19.2 Å². The summed E-state index contributed by atoms with van der Waals surface area (Å²) >= 11 is 0. The maximum absolute atomic E-state index is 12.4. The molecule has 0 heterocycles. The van der Waals surface area contributed by atoms with Gasteiger partial charge in [0.1, 0.15) is 6.04 Å². The smallest absolute Gasteiger partial charge is 0.322 e. The molecule has 46 heavy (non-hydrogen) atoms. The molecule has 5 heteroatoms. The molecule has 0 spiro atoms. The lowest BCUT2D eigenvalue weighted by atomic mass is 10.0. The van der Waals surface area contributed by atoms with Gasteiger partial charge in [-0.2, -0.15) is 0 Å². The number of unbranched alkanes of at least 4 members (excludes halogenated alkanes) is 30. The fourth-order valence-electron chi connectivity index (χ4n) is 6.76. The third-order valence-electron chi connectivity index (χ3n) is 9.92. The van der Waals surface area contributed by atoms with Crippen molar-refractivity contribution in [3.63, 3.8) is 0 Å². The highest BCUT2D eigenvalue weighted by atomic mass is 16.5. The van der Waals surface area contributed by atoms with Crippen molar-refractivity contribution in [1.29, 1.82) is 0 Å². The van der Waals surface area contributed by atoms with Crippen LogP contribution in [0, 0.1) is 0 Å². The van der Waals surface area contributed by atoms with E-state index in [0.29, 0.717) is 12.8 Å². The Balaban J connectivity index is 3.84. The number of hydrogen-bond acceptors (Lipinski definition) is 4. The van der Waals surface area contributed by atoms with Gasteiger partial charge in [0.05, 0.1) is 13.2 Å². The zero-order chi connectivity index (χ0) is 33.8. The average molecular weight is 651 g/mol. The molecule has 0 aromatic carbocycles. The number of methoxy groups -OCH3 is 1. The molecule has 5 nitrogen and oxygen atoms in total. The molecule has 0 aromatic heterocycles. The van der Waals surface area contributed by atoms with Crippen molar-refractivity contribution in [3.05, 3.63) is 0 Å². The van der Waals surface area contributed by atoms with Crippen molar-refractivity contribution in [2.75, 3.05) is 7.11 Å². The largest absolute Gasteiger partial charge is 0.468 e. The molecule has 274 valence electrons. The Morgan fingerprint density at radius 1 is 0.435 bits per heavy atom. The van der Waals surface area contributed by atoms with Crippen LogP contribution < -0.4 is 11.1 Å². The predicted octanol–water partition coefficient (Wildman–Crippen LogP) is 12.3. The van der Waals surface area contributed by atoms with E-state index in [1.807, 2.05) is 0 Å². The summed E-state index contributed by atoms with van der Waals surface area (Å²) < 4.78 is 5.05. The van der Waals surface area contributed by atoms with Gasteiger partial charge in [-0.15, -0.1) is 0 Å². The van der Waals surface area contributed by atoms with Crippen LogP contribution in [0.3, 0.4) is 0 Å². The second kappa shape index (κ2) is 36.7. The van der Waals surface area contributed by atoms with Crippen LogP contribution in [0.15, 0.2) is 0 Å². The second-order valence-electron chi connectivity index (χ2n) is 14.4. The second-order valence-corrected chi connectivity index (χ2v) is 14.4. The molecule has 0 aromatic rings. The zero-order valence-corrected chi connectivity index (χ0v) is 31.5. The van der Waals surface area contributed by atoms with Gasteiger partial charge in [0.25, 0.3) is 0 Å². The topological polar surface area (TPSA) is 81.4 Å². The number of nitrogens with one attached hydrogen (secondary N) is 1. The molecule has 0 saturated carbocycles. The highest BCUT2D eigenvalue weighted by molar-refractivity contribution is 5.82. The van der Waals surface area contributed by atoms with Gasteiger partial charge in [-0.05, 0) is 12.8 Å². The number of carbonyl (C=O) groups is 2. The molecular formula is C41H82N2O3. The van der Waals surface area contributed by atoms with E-state index in [9.17, 15) is 9.59 Å². The number of hydrogen-bond donors (Lipinski definition) is 2. The van der Waals surface area contributed by atoms with Gasteiger partial charge < -0.3 is 10.5 Å². The van der Waals surface area contributed by atoms with Gasteiger partial charge in [-0.25, -0.2) is 0 Å². The third kappa shape index (κ3) is 31.5. The van der Waals surface area contributed by atoms with Gasteiger partial charge in [0.15, 0.2) is 0 Å². The predicted molar refractivity (Wildman–Crippen MR) is 200 cm³/mol. The van der Waals surface area contributed by atoms with Gasteiger partial charge in [-0.3, -0.25) is 14.9 Å². The standard InChI is InChI=1S/C41H82N2O3/c1-4-6-8-10-12-14-16-18-20-22-24-26-28-30-32-34-36-38(40(42)44)43-39(41(45)46-3)37-35-33-31-29-27-25-23-21-19-17-15-13-11-9-7-5-2/h38-39,43H,4-37H2,1-3H3,(H2,42,44). The van der Waals surface area contributed by atoms with Gasteiger partial charge in [-0.1, -0.05) is 219 Å². The molecular weight excluding hydrogens is 568 g/mol. The number of nitrogens with two attached hydrogens (primary N) is 1. The van der Waals surface area contributed by atoms with Gasteiger partial charge in [0, 0.05) is 0 Å². The van der Waals surface area contributed by atoms with E-state index in [0.717, 1.165) is 25.7 Å². The number of esters is 1. The normalized spacial score (nSPS) is 12.8. The van der Waals surface area contributed by atoms with Crippen molar-refractivity contribution < 1.29 is 14.3 Å². The Bertz CT molecular complexity index is 641. The lowest BCUT2D eigenvalue weighted by Gasteiger charge is -2.22. The molecule has 0 rings (SSSR count). The van der Waals surface area contributed by atoms with E-state index in [4.69, 9.17) is 10.5 Å². The molecule has 0 saturated heterocycles. The maximum atomic E-state index is 12.4. The fourth-order valence-corrected chi connectivity index (χ4v) is 6.76. The molecule has 1 amide bonds. The van der Waals surface area contributed by atoms with E-state index >= 15 is 0 Å². The first-order valence-corrected chi connectivity index (χ1v) is 20.7. The quantitative estimate of drug-likeness (QED) is 0.0514. The summed E-state index contributed by atoms with van der Waals surface area (Å²) in [6.07, 6.45) is 43.9. The minimum atomic E-state index is -0.461. The number of amides is 1. The summed E-state index contributed by atoms with van der Waals surface area (Å²) in [5.41, 5.74) is 5.73. The zero-order valence-electron chi connectivity index (χ0n) is 31.5. The Labute approximate surface area is 288 Å². The SMILES string of the molecule is CCCCCCCCCCCCCCCCCCC(NC(CCCCCCCCCCCCCCCCCC)C(=O)OC)C(N)=O. The molecule has 3 N–H and O–H groups in total. The first kappa shape index (κ1) is 44.9. The van der Waals surface area contributed by atoms with E-state index in [1.54, 1.807) is 0 Å². The Morgan fingerprint density at radius 3 is 0.913 bits per heavy atom. The molecule has 0 aliphatic carbocycles. The van der Waals surface area contributed by atoms with E-state index in [-0.39, 0.29) is 11.9 Å². The summed E-state index contributed by atoms with van der Waals surface area (Å²) in [6.45, 7) is 4.56. The number of primary amides is 1. The van der Waals surface area contributed by atoms with Crippen LogP contribution in [0.2, 0.25) is 0 Å². The molecule has 0 aliphatic rings. The Hall–Kier alpha value is -1.10. The van der Waals surface area contributed by atoms with Crippen molar-refractivity contribution in [3.8, 4) is 0 Å². The summed E-state index contributed by atoms with van der Waals surface area (Å²) in [5.74, 6) is -0.638. The molecule has 2 atom stereocenters. The van der Waals surface area contributed by atoms with Crippen LogP contribution in [0.1, 0.15) is 232 Å². The van der Waals surface area contributed by atoms with Crippen LogP contribution in [-0.4, -0.2) is 31.1 Å². The summed E-state index contributed by atoms with van der Waals surface area (Å²) in [4.78, 5) is 24.6. The van der Waals surface area contributed by atoms with Gasteiger partial charge >= 0.3 is 5.97 Å². The molecule has 0 bridgehead atoms. The summed E-state index contributed by atoms with van der Waals surface area (Å²) in [5, 5.41) is 3.26. The van der Waals surface area contributed by atoms with Crippen molar-refractivity contribution in [2.45, 2.75) is 244 Å². The summed E-state index contributed by atoms with van der Waals surface area (Å²) in [7, 11) is 1.43. The maximum Gasteiger partial charge on any atom is 0.322 e. The van der Waals surface area contributed by atoms with Crippen LogP contribution in [0.5, 0.6) is 0 Å². The van der Waals surface area contributed by atoms with Crippen molar-refractivity contribution >= 4 is 11.9 Å². The third-order valence-corrected chi connectivity index (χ3v) is 9.92. The monoisotopic (exact) mass is 651 g/mol. The molecule has 2 unspecified atom stereocenters. The van der Waals surface area contributed by atoms with Crippen LogP contribution in [-0.2, 0) is 14.3 Å². The molecule has 0 fully saturated rings. The van der Waals surface area contributed by atoms with Crippen LogP contribution in [0.25, 0.3) is 0 Å². The average Bonchev–Trinajstić information content (AvgIpc) is 3.05. The minimum absolute atomic E-state index is 0.279. The van der Waals surface area contributed by atoms with Crippen LogP contribution >= 0.6 is 0 Å². The van der Waals surface area contributed by atoms with Crippen LogP contribution in [0.4, 0.5) is 0 Å². The minimum Gasteiger partial charge on any atom is -0.468 e. The summed E-state index contributed by atoms with van der Waals surface area (Å²) in [6, 6.07) is -0.910. The lowest BCUT2D eigenvalue weighted by molar-refractivity contribution is -0.143. The fraction of sp³-hybridized carbons (Fsp3) is 0.951.